The van der Waals surface area contributed by atoms with Crippen LogP contribution in [0.15, 0.2) is 231 Å². The number of pyridine rings is 1. The summed E-state index contributed by atoms with van der Waals surface area (Å²) < 4.78 is 2.42. The van der Waals surface area contributed by atoms with Crippen molar-refractivity contribution in [1.29, 1.82) is 0 Å². The van der Waals surface area contributed by atoms with Gasteiger partial charge in [0.15, 0.2) is 0 Å². The zero-order valence-corrected chi connectivity index (χ0v) is 34.8. The van der Waals surface area contributed by atoms with Gasteiger partial charge in [-0.05, 0) is 109 Å². The molecule has 0 saturated carbocycles. The van der Waals surface area contributed by atoms with Crippen molar-refractivity contribution < 1.29 is 0 Å². The van der Waals surface area contributed by atoms with Gasteiger partial charge in [0.25, 0.3) is 0 Å². The third-order valence-corrected chi connectivity index (χ3v) is 14.2. The molecular weight excluding hydrogens is 773 g/mol. The van der Waals surface area contributed by atoms with Gasteiger partial charge in [-0.2, -0.15) is 0 Å². The van der Waals surface area contributed by atoms with Crippen molar-refractivity contribution in [2.75, 3.05) is 0 Å². The van der Waals surface area contributed by atoms with E-state index in [-0.39, 0.29) is 0 Å². The standard InChI is InChI=1S/C62H38N2/c1-3-15-39(16-4-1)42-29-35-57-50(37-42)51-38-43(40-17-5-2-6-18-40)30-36-58(51)64(57)44-31-27-41(28-32-44)61-49-33-34-55-60(59(49)48-22-10-14-26-56(48)63-61)47-21-9-13-25-54(47)62(55)52-23-11-7-19-45(52)46-20-8-12-24-53(46)62/h1-38H. The van der Waals surface area contributed by atoms with E-state index >= 15 is 0 Å². The van der Waals surface area contributed by atoms with Gasteiger partial charge in [-0.1, -0.05) is 188 Å². The summed E-state index contributed by atoms with van der Waals surface area (Å²) in [6.45, 7) is 0. The van der Waals surface area contributed by atoms with Gasteiger partial charge in [0.1, 0.15) is 0 Å². The molecule has 2 aliphatic rings. The van der Waals surface area contributed by atoms with Gasteiger partial charge in [-0.25, -0.2) is 4.98 Å². The molecule has 2 heteroatoms. The molecule has 2 aliphatic carbocycles. The molecule has 0 aliphatic heterocycles. The van der Waals surface area contributed by atoms with Gasteiger partial charge in [0.2, 0.25) is 0 Å². The lowest BCUT2D eigenvalue weighted by atomic mass is 9.70. The summed E-state index contributed by atoms with van der Waals surface area (Å²) >= 11 is 0. The number of benzene rings is 10. The van der Waals surface area contributed by atoms with E-state index in [1.165, 1.54) is 99.3 Å². The van der Waals surface area contributed by atoms with E-state index in [2.05, 4.69) is 235 Å². The van der Waals surface area contributed by atoms with E-state index in [1.54, 1.807) is 0 Å². The monoisotopic (exact) mass is 810 g/mol. The minimum Gasteiger partial charge on any atom is -0.309 e. The van der Waals surface area contributed by atoms with E-state index in [0.29, 0.717) is 0 Å². The van der Waals surface area contributed by atoms with Crippen LogP contribution in [0.4, 0.5) is 0 Å². The average Bonchev–Trinajstić information content (AvgIpc) is 3.98. The molecule has 0 saturated heterocycles. The predicted octanol–water partition coefficient (Wildman–Crippen LogP) is 15.8. The fraction of sp³-hybridized carbons (Fsp3) is 0.0161. The molecule has 0 amide bonds. The predicted molar refractivity (Wildman–Crippen MR) is 266 cm³/mol. The lowest BCUT2D eigenvalue weighted by molar-refractivity contribution is 0.794. The van der Waals surface area contributed by atoms with E-state index in [0.717, 1.165) is 27.8 Å². The van der Waals surface area contributed by atoms with Crippen molar-refractivity contribution in [2.45, 2.75) is 5.41 Å². The fourth-order valence-electron chi connectivity index (χ4n) is 11.5. The summed E-state index contributed by atoms with van der Waals surface area (Å²) in [5.74, 6) is 0. The van der Waals surface area contributed by atoms with Gasteiger partial charge in [-0.15, -0.1) is 0 Å². The Kier molecular flexibility index (Phi) is 7.35. The minimum absolute atomic E-state index is 0.411. The largest absolute Gasteiger partial charge is 0.309 e. The lowest BCUT2D eigenvalue weighted by Gasteiger charge is -2.30. The normalized spacial score (nSPS) is 13.1. The van der Waals surface area contributed by atoms with Crippen molar-refractivity contribution in [3.8, 4) is 61.5 Å². The van der Waals surface area contributed by atoms with Crippen molar-refractivity contribution in [2.24, 2.45) is 0 Å². The van der Waals surface area contributed by atoms with Crippen LogP contribution in [0.5, 0.6) is 0 Å². The molecule has 1 spiro atoms. The molecule has 0 atom stereocenters. The zero-order chi connectivity index (χ0) is 41.9. The second-order valence-corrected chi connectivity index (χ2v) is 17.4. The molecular formula is C62H38N2. The van der Waals surface area contributed by atoms with Gasteiger partial charge < -0.3 is 4.57 Å². The molecule has 14 rings (SSSR count). The van der Waals surface area contributed by atoms with Crippen LogP contribution >= 0.6 is 0 Å². The topological polar surface area (TPSA) is 17.8 Å². The van der Waals surface area contributed by atoms with Crippen LogP contribution in [0.1, 0.15) is 22.3 Å². The van der Waals surface area contributed by atoms with Gasteiger partial charge in [-0.3, -0.25) is 0 Å². The Morgan fingerprint density at radius 1 is 0.328 bits per heavy atom. The summed E-state index contributed by atoms with van der Waals surface area (Å²) in [5, 5.41) is 6.07. The first-order valence-electron chi connectivity index (χ1n) is 22.2. The Morgan fingerprint density at radius 2 is 0.828 bits per heavy atom. The molecule has 0 unspecified atom stereocenters. The molecule has 10 aromatic carbocycles. The number of rotatable bonds is 4. The highest BCUT2D eigenvalue weighted by molar-refractivity contribution is 6.20. The Morgan fingerprint density at radius 3 is 1.44 bits per heavy atom. The Bertz CT molecular complexity index is 3730. The van der Waals surface area contributed by atoms with Crippen molar-refractivity contribution in [1.82, 2.24) is 9.55 Å². The number of fused-ring (bicyclic) bond motifs is 17. The molecule has 0 fully saturated rings. The summed E-state index contributed by atoms with van der Waals surface area (Å²) in [6.07, 6.45) is 0. The van der Waals surface area contributed by atoms with Crippen LogP contribution < -0.4 is 0 Å². The van der Waals surface area contributed by atoms with E-state index in [4.69, 9.17) is 4.98 Å². The highest BCUT2D eigenvalue weighted by Crippen LogP contribution is 2.64. The van der Waals surface area contributed by atoms with E-state index < -0.39 is 5.41 Å². The quantitative estimate of drug-likeness (QED) is 0.162. The third-order valence-electron chi connectivity index (χ3n) is 14.2. The molecule has 2 aromatic heterocycles. The number of nitrogens with zero attached hydrogens (tertiary/aromatic N) is 2. The summed E-state index contributed by atoms with van der Waals surface area (Å²) in [6, 6.07) is 85.0. The summed E-state index contributed by atoms with van der Waals surface area (Å²) in [7, 11) is 0. The first-order valence-corrected chi connectivity index (χ1v) is 22.2. The second kappa shape index (κ2) is 13.3. The van der Waals surface area contributed by atoms with Crippen LogP contribution in [0.2, 0.25) is 0 Å². The van der Waals surface area contributed by atoms with Crippen LogP contribution in [0.25, 0.3) is 105 Å². The number of hydrogen-bond acceptors (Lipinski definition) is 1. The van der Waals surface area contributed by atoms with Crippen LogP contribution in [0, 0.1) is 0 Å². The molecule has 12 aromatic rings. The molecule has 0 N–H and O–H groups in total. The van der Waals surface area contributed by atoms with Crippen LogP contribution in [-0.4, -0.2) is 9.55 Å². The van der Waals surface area contributed by atoms with Gasteiger partial charge >= 0.3 is 0 Å². The highest BCUT2D eigenvalue weighted by atomic mass is 15.0. The smallest absolute Gasteiger partial charge is 0.0788 e. The first-order chi connectivity index (χ1) is 31.8. The van der Waals surface area contributed by atoms with Crippen molar-refractivity contribution in [3.05, 3.63) is 253 Å². The molecule has 296 valence electrons. The summed E-state index contributed by atoms with van der Waals surface area (Å²) in [4.78, 5) is 5.48. The summed E-state index contributed by atoms with van der Waals surface area (Å²) in [5.41, 5.74) is 21.6. The Balaban J connectivity index is 0.975. The first kappa shape index (κ1) is 35.3. The number of hydrogen-bond donors (Lipinski definition) is 0. The maximum absolute atomic E-state index is 5.48. The zero-order valence-electron chi connectivity index (χ0n) is 34.8. The van der Waals surface area contributed by atoms with Crippen LogP contribution in [-0.2, 0) is 5.41 Å². The number of aromatic nitrogens is 2. The molecule has 0 bridgehead atoms. The fourth-order valence-corrected chi connectivity index (χ4v) is 11.5. The van der Waals surface area contributed by atoms with Gasteiger partial charge in [0.05, 0.1) is 27.7 Å². The Hall–Kier alpha value is -8.33. The average molecular weight is 811 g/mol. The van der Waals surface area contributed by atoms with E-state index in [1.807, 2.05) is 0 Å². The molecule has 0 radical (unpaired) electrons. The number of para-hydroxylation sites is 1. The van der Waals surface area contributed by atoms with Crippen molar-refractivity contribution in [3.63, 3.8) is 0 Å². The third kappa shape index (κ3) is 4.77. The van der Waals surface area contributed by atoms with Gasteiger partial charge in [0, 0.05) is 38.2 Å². The second-order valence-electron chi connectivity index (χ2n) is 17.4. The van der Waals surface area contributed by atoms with Crippen molar-refractivity contribution >= 4 is 43.5 Å². The van der Waals surface area contributed by atoms with E-state index in [9.17, 15) is 0 Å². The highest BCUT2D eigenvalue weighted by Gasteiger charge is 2.52. The lowest BCUT2D eigenvalue weighted by Crippen LogP contribution is -2.25. The maximum atomic E-state index is 5.48. The SMILES string of the molecule is c1ccc(-c2ccc3c(c2)c2cc(-c4ccccc4)ccc2n3-c2ccc(-c3nc4ccccc4c4c5c(ccc34)C3(c4ccccc4-c4ccccc43)c3ccccc3-5)cc2)cc1. The Labute approximate surface area is 371 Å². The maximum Gasteiger partial charge on any atom is 0.0788 e. The molecule has 2 nitrogen and oxygen atoms in total. The minimum atomic E-state index is -0.411. The molecule has 2 heterocycles. The molecule has 64 heavy (non-hydrogen) atoms. The van der Waals surface area contributed by atoms with Crippen LogP contribution in [0.3, 0.4) is 0 Å².